The Hall–Kier alpha value is -2.96. The van der Waals surface area contributed by atoms with Crippen LogP contribution in [-0.4, -0.2) is 39.8 Å². The molecule has 5 aliphatic rings. The summed E-state index contributed by atoms with van der Waals surface area (Å²) in [5.74, 6) is 3.56. The third kappa shape index (κ3) is 3.87. The molecule has 172 valence electrons. The lowest BCUT2D eigenvalue weighted by Gasteiger charge is -2.55. The number of nitrogens with one attached hydrogen (secondary N) is 1. The Morgan fingerprint density at radius 1 is 1.03 bits per heavy atom. The molecule has 4 bridgehead atoms. The van der Waals surface area contributed by atoms with Gasteiger partial charge in [0, 0.05) is 12.1 Å². The summed E-state index contributed by atoms with van der Waals surface area (Å²) in [5.41, 5.74) is 1.56. The number of anilines is 1. The molecule has 0 radical (unpaired) electrons. The van der Waals surface area contributed by atoms with Crippen LogP contribution in [0.1, 0.15) is 49.8 Å². The average Bonchev–Trinajstić information content (AvgIpc) is 2.82. The van der Waals surface area contributed by atoms with Gasteiger partial charge in [0.05, 0.1) is 17.7 Å². The van der Waals surface area contributed by atoms with Crippen LogP contribution in [0.15, 0.2) is 36.7 Å². The number of hydrogen-bond donors (Lipinski definition) is 1. The van der Waals surface area contributed by atoms with Crippen molar-refractivity contribution in [2.24, 2.45) is 23.2 Å². The summed E-state index contributed by atoms with van der Waals surface area (Å²) in [7, 11) is 0. The predicted molar refractivity (Wildman–Crippen MR) is 122 cm³/mol. The van der Waals surface area contributed by atoms with Gasteiger partial charge in [-0.1, -0.05) is 18.2 Å². The van der Waals surface area contributed by atoms with Crippen molar-refractivity contribution >= 4 is 17.6 Å². The van der Waals surface area contributed by atoms with Crippen molar-refractivity contribution in [1.82, 2.24) is 14.9 Å². The molecular formula is C26H30N4O3. The first-order valence-electron chi connectivity index (χ1n) is 12.2. The molecule has 4 aliphatic carbocycles. The van der Waals surface area contributed by atoms with E-state index in [1.54, 1.807) is 4.90 Å². The van der Waals surface area contributed by atoms with Crippen molar-refractivity contribution in [2.45, 2.75) is 51.5 Å². The van der Waals surface area contributed by atoms with Gasteiger partial charge in [-0.15, -0.1) is 0 Å². The number of carbonyl (C=O) groups is 2. The molecule has 33 heavy (non-hydrogen) atoms. The number of aromatic nitrogens is 2. The highest BCUT2D eigenvalue weighted by Crippen LogP contribution is 2.60. The largest absolute Gasteiger partial charge is 0.484 e. The van der Waals surface area contributed by atoms with E-state index in [9.17, 15) is 9.59 Å². The Labute approximate surface area is 193 Å². The lowest BCUT2D eigenvalue weighted by atomic mass is 9.49. The molecule has 0 saturated heterocycles. The second-order valence-corrected chi connectivity index (χ2v) is 10.5. The molecule has 2 aromatic rings. The van der Waals surface area contributed by atoms with Gasteiger partial charge in [-0.2, -0.15) is 0 Å². The van der Waals surface area contributed by atoms with Crippen molar-refractivity contribution in [3.05, 3.63) is 47.9 Å². The van der Waals surface area contributed by atoms with Crippen LogP contribution in [0.3, 0.4) is 0 Å². The number of benzene rings is 1. The highest BCUT2D eigenvalue weighted by molar-refractivity contribution is 5.95. The fraction of sp³-hybridized carbons (Fsp3) is 0.538. The Morgan fingerprint density at radius 2 is 1.73 bits per heavy atom. The minimum absolute atomic E-state index is 0.0000430. The minimum atomic E-state index is -0.210. The Balaban J connectivity index is 1.13. The number of rotatable bonds is 5. The van der Waals surface area contributed by atoms with E-state index in [0.717, 1.165) is 48.3 Å². The average molecular weight is 447 g/mol. The maximum Gasteiger partial charge on any atom is 0.260 e. The molecular weight excluding hydrogens is 416 g/mol. The number of carbonyl (C=O) groups excluding carboxylic acids is 2. The van der Waals surface area contributed by atoms with Crippen LogP contribution >= 0.6 is 0 Å². The predicted octanol–water partition coefficient (Wildman–Crippen LogP) is 3.60. The molecule has 0 spiro atoms. The van der Waals surface area contributed by atoms with Crippen LogP contribution in [0.2, 0.25) is 0 Å². The quantitative estimate of drug-likeness (QED) is 0.759. The molecule has 1 aliphatic heterocycles. The second-order valence-electron chi connectivity index (χ2n) is 10.5. The zero-order valence-corrected chi connectivity index (χ0v) is 18.8. The van der Waals surface area contributed by atoms with Gasteiger partial charge in [-0.05, 0) is 74.8 Å². The highest BCUT2D eigenvalue weighted by Gasteiger charge is 2.54. The van der Waals surface area contributed by atoms with E-state index in [1.165, 1.54) is 25.6 Å². The fourth-order valence-corrected chi connectivity index (χ4v) is 7.06. The second kappa shape index (κ2) is 8.12. The first-order valence-corrected chi connectivity index (χ1v) is 12.2. The fourth-order valence-electron chi connectivity index (χ4n) is 7.06. The van der Waals surface area contributed by atoms with E-state index in [2.05, 4.69) is 15.3 Å². The molecule has 4 saturated carbocycles. The van der Waals surface area contributed by atoms with Crippen LogP contribution < -0.4 is 10.1 Å². The van der Waals surface area contributed by atoms with Gasteiger partial charge in [0.2, 0.25) is 5.91 Å². The summed E-state index contributed by atoms with van der Waals surface area (Å²) in [6, 6.07) is 9.35. The molecule has 7 rings (SSSR count). The van der Waals surface area contributed by atoms with Crippen LogP contribution in [0.4, 0.5) is 5.82 Å². The maximum atomic E-state index is 13.5. The SMILES string of the molecule is O=C(COc1ccccc1)N1CCc2c(ncnc2NC(=O)C23CC4CC(CC(C4)C2)C3)C1. The molecule has 7 heteroatoms. The van der Waals surface area contributed by atoms with Crippen LogP contribution in [0, 0.1) is 23.2 Å². The van der Waals surface area contributed by atoms with Crippen molar-refractivity contribution in [1.29, 1.82) is 0 Å². The number of nitrogens with zero attached hydrogens (tertiary/aromatic N) is 3. The summed E-state index contributed by atoms with van der Waals surface area (Å²) < 4.78 is 5.62. The summed E-state index contributed by atoms with van der Waals surface area (Å²) >= 11 is 0. The Bertz CT molecular complexity index is 1040. The number of amides is 2. The van der Waals surface area contributed by atoms with E-state index in [0.29, 0.717) is 31.1 Å². The molecule has 7 nitrogen and oxygen atoms in total. The van der Waals surface area contributed by atoms with Gasteiger partial charge in [-0.25, -0.2) is 9.97 Å². The summed E-state index contributed by atoms with van der Waals surface area (Å²) in [4.78, 5) is 36.8. The van der Waals surface area contributed by atoms with E-state index in [4.69, 9.17) is 4.74 Å². The molecule has 0 unspecified atom stereocenters. The summed E-state index contributed by atoms with van der Waals surface area (Å²) in [6.07, 6.45) is 9.16. The van der Waals surface area contributed by atoms with Crippen LogP contribution in [-0.2, 0) is 22.6 Å². The summed E-state index contributed by atoms with van der Waals surface area (Å²) in [5, 5.41) is 3.20. The van der Waals surface area contributed by atoms with E-state index >= 15 is 0 Å². The highest BCUT2D eigenvalue weighted by atomic mass is 16.5. The normalized spacial score (nSPS) is 29.5. The zero-order valence-electron chi connectivity index (χ0n) is 18.8. The number of fused-ring (bicyclic) bond motifs is 1. The van der Waals surface area contributed by atoms with Gasteiger partial charge in [0.1, 0.15) is 17.9 Å². The third-order valence-corrected chi connectivity index (χ3v) is 8.22. The minimum Gasteiger partial charge on any atom is -0.484 e. The van der Waals surface area contributed by atoms with Crippen molar-refractivity contribution in [2.75, 3.05) is 18.5 Å². The van der Waals surface area contributed by atoms with Crippen molar-refractivity contribution < 1.29 is 14.3 Å². The van der Waals surface area contributed by atoms with Crippen LogP contribution in [0.5, 0.6) is 5.75 Å². The van der Waals surface area contributed by atoms with Gasteiger partial charge >= 0.3 is 0 Å². The molecule has 2 heterocycles. The van der Waals surface area contributed by atoms with Crippen molar-refractivity contribution in [3.63, 3.8) is 0 Å². The Kier molecular flexibility index (Phi) is 5.07. The monoisotopic (exact) mass is 446 g/mol. The van der Waals surface area contributed by atoms with Gasteiger partial charge in [-0.3, -0.25) is 9.59 Å². The number of para-hydroxylation sites is 1. The third-order valence-electron chi connectivity index (χ3n) is 8.22. The topological polar surface area (TPSA) is 84.4 Å². The molecule has 0 atom stereocenters. The number of ether oxygens (including phenoxy) is 1. The smallest absolute Gasteiger partial charge is 0.260 e. The standard InChI is InChI=1S/C26H30N4O3/c31-23(15-33-20-4-2-1-3-5-20)30-7-6-21-22(14-30)27-16-28-24(21)29-25(32)26-11-17-8-18(12-26)10-19(9-17)13-26/h1-5,16-19H,6-15H2,(H,27,28,29,32). The van der Waals surface area contributed by atoms with Gasteiger partial charge in [0.25, 0.3) is 5.91 Å². The first kappa shape index (κ1) is 20.6. The first-order chi connectivity index (χ1) is 16.1. The van der Waals surface area contributed by atoms with E-state index in [1.807, 2.05) is 30.3 Å². The molecule has 2 amide bonds. The summed E-state index contributed by atoms with van der Waals surface area (Å²) in [6.45, 7) is 0.979. The zero-order chi connectivity index (χ0) is 22.4. The maximum absolute atomic E-state index is 13.5. The van der Waals surface area contributed by atoms with Gasteiger partial charge < -0.3 is 15.0 Å². The molecule has 1 aromatic carbocycles. The molecule has 1 aromatic heterocycles. The van der Waals surface area contributed by atoms with Crippen LogP contribution in [0.25, 0.3) is 0 Å². The van der Waals surface area contributed by atoms with E-state index < -0.39 is 0 Å². The lowest BCUT2D eigenvalue weighted by Crippen LogP contribution is -2.52. The molecule has 1 N–H and O–H groups in total. The van der Waals surface area contributed by atoms with E-state index in [-0.39, 0.29) is 23.8 Å². The van der Waals surface area contributed by atoms with Gasteiger partial charge in [0.15, 0.2) is 6.61 Å². The van der Waals surface area contributed by atoms with Crippen molar-refractivity contribution in [3.8, 4) is 5.75 Å². The Morgan fingerprint density at radius 3 is 2.42 bits per heavy atom. The lowest BCUT2D eigenvalue weighted by molar-refractivity contribution is -0.140. The molecule has 4 fully saturated rings. The number of hydrogen-bond acceptors (Lipinski definition) is 5.